The Kier molecular flexibility index (Phi) is 1.73. The molecule has 1 aromatic heterocycles. The van der Waals surface area contributed by atoms with Crippen molar-refractivity contribution in [2.75, 3.05) is 5.32 Å². The van der Waals surface area contributed by atoms with Gasteiger partial charge in [0, 0.05) is 18.0 Å². The molecule has 0 atom stereocenters. The van der Waals surface area contributed by atoms with Crippen molar-refractivity contribution in [3.05, 3.63) is 24.4 Å². The van der Waals surface area contributed by atoms with Gasteiger partial charge in [-0.3, -0.25) is 4.79 Å². The van der Waals surface area contributed by atoms with Gasteiger partial charge in [0.2, 0.25) is 5.91 Å². The van der Waals surface area contributed by atoms with Crippen molar-refractivity contribution < 1.29 is 9.32 Å². The lowest BCUT2D eigenvalue weighted by Crippen LogP contribution is -2.05. The molecule has 0 fully saturated rings. The molecule has 0 spiro atoms. The maximum absolute atomic E-state index is 10.7. The first-order valence-electron chi connectivity index (χ1n) is 3.88. The van der Waals surface area contributed by atoms with Gasteiger partial charge in [-0.1, -0.05) is 5.16 Å². The minimum atomic E-state index is -0.0872. The number of nitrogens with zero attached hydrogens (tertiary/aromatic N) is 1. The van der Waals surface area contributed by atoms with Crippen molar-refractivity contribution in [2.45, 2.75) is 6.92 Å². The highest BCUT2D eigenvalue weighted by molar-refractivity contribution is 5.91. The monoisotopic (exact) mass is 176 g/mol. The zero-order valence-corrected chi connectivity index (χ0v) is 7.07. The van der Waals surface area contributed by atoms with E-state index in [1.165, 1.54) is 6.92 Å². The third-order valence-corrected chi connectivity index (χ3v) is 1.67. The number of carbonyl (C=O) groups excluding carboxylic acids is 1. The number of anilines is 1. The Bertz CT molecular complexity index is 448. The van der Waals surface area contributed by atoms with Crippen LogP contribution in [0.4, 0.5) is 5.69 Å². The fourth-order valence-electron chi connectivity index (χ4n) is 1.15. The highest BCUT2D eigenvalue weighted by Gasteiger charge is 2.00. The second kappa shape index (κ2) is 2.90. The molecule has 0 aliphatic rings. The molecule has 0 saturated carbocycles. The smallest absolute Gasteiger partial charge is 0.221 e. The second-order valence-corrected chi connectivity index (χ2v) is 2.76. The zero-order valence-electron chi connectivity index (χ0n) is 7.07. The SMILES string of the molecule is CC(=O)Nc1ccc2oncc2c1. The van der Waals surface area contributed by atoms with Gasteiger partial charge in [-0.15, -0.1) is 0 Å². The third kappa shape index (κ3) is 1.51. The minimum Gasteiger partial charge on any atom is -0.356 e. The van der Waals surface area contributed by atoms with Gasteiger partial charge in [-0.05, 0) is 18.2 Å². The first kappa shape index (κ1) is 7.79. The summed E-state index contributed by atoms with van der Waals surface area (Å²) in [4.78, 5) is 10.7. The van der Waals surface area contributed by atoms with Crippen LogP contribution in [0.2, 0.25) is 0 Å². The summed E-state index contributed by atoms with van der Waals surface area (Å²) in [7, 11) is 0. The van der Waals surface area contributed by atoms with Crippen molar-refractivity contribution >= 4 is 22.6 Å². The normalized spacial score (nSPS) is 10.2. The number of amides is 1. The van der Waals surface area contributed by atoms with E-state index in [0.717, 1.165) is 11.1 Å². The predicted molar refractivity (Wildman–Crippen MR) is 48.3 cm³/mol. The van der Waals surface area contributed by atoms with Gasteiger partial charge in [0.15, 0.2) is 5.58 Å². The van der Waals surface area contributed by atoms with E-state index in [1.807, 2.05) is 6.07 Å². The van der Waals surface area contributed by atoms with Crippen LogP contribution in [-0.4, -0.2) is 11.1 Å². The molecule has 4 nitrogen and oxygen atoms in total. The fourth-order valence-corrected chi connectivity index (χ4v) is 1.15. The topological polar surface area (TPSA) is 55.1 Å². The van der Waals surface area contributed by atoms with Crippen LogP contribution in [0.5, 0.6) is 0 Å². The summed E-state index contributed by atoms with van der Waals surface area (Å²) in [6, 6.07) is 5.36. The van der Waals surface area contributed by atoms with E-state index in [1.54, 1.807) is 18.3 Å². The number of rotatable bonds is 1. The van der Waals surface area contributed by atoms with E-state index in [0.29, 0.717) is 5.58 Å². The lowest BCUT2D eigenvalue weighted by molar-refractivity contribution is -0.114. The third-order valence-electron chi connectivity index (χ3n) is 1.67. The van der Waals surface area contributed by atoms with Crippen LogP contribution in [0.1, 0.15) is 6.92 Å². The summed E-state index contributed by atoms with van der Waals surface area (Å²) in [6.45, 7) is 1.47. The Morgan fingerprint density at radius 3 is 3.15 bits per heavy atom. The molecule has 1 N–H and O–H groups in total. The molecule has 2 rings (SSSR count). The number of hydrogen-bond acceptors (Lipinski definition) is 3. The quantitative estimate of drug-likeness (QED) is 0.720. The molecule has 1 aromatic carbocycles. The molecule has 0 saturated heterocycles. The summed E-state index contributed by atoms with van der Waals surface area (Å²) in [6.07, 6.45) is 1.61. The van der Waals surface area contributed by atoms with Gasteiger partial charge in [0.25, 0.3) is 0 Å². The van der Waals surface area contributed by atoms with Gasteiger partial charge in [0.05, 0.1) is 6.20 Å². The molecule has 13 heavy (non-hydrogen) atoms. The largest absolute Gasteiger partial charge is 0.356 e. The zero-order chi connectivity index (χ0) is 9.26. The lowest BCUT2D eigenvalue weighted by atomic mass is 10.2. The van der Waals surface area contributed by atoms with Crippen molar-refractivity contribution in [2.24, 2.45) is 0 Å². The Labute approximate surface area is 74.5 Å². The molecule has 2 aromatic rings. The summed E-state index contributed by atoms with van der Waals surface area (Å²) in [5.41, 5.74) is 1.47. The average Bonchev–Trinajstić information content (AvgIpc) is 2.49. The van der Waals surface area contributed by atoms with Crippen LogP contribution in [-0.2, 0) is 4.79 Å². The number of nitrogens with one attached hydrogen (secondary N) is 1. The molecule has 0 bridgehead atoms. The first-order valence-corrected chi connectivity index (χ1v) is 3.88. The number of benzene rings is 1. The van der Waals surface area contributed by atoms with Crippen LogP contribution in [0.15, 0.2) is 28.9 Å². The second-order valence-electron chi connectivity index (χ2n) is 2.76. The van der Waals surface area contributed by atoms with Crippen LogP contribution >= 0.6 is 0 Å². The molecular formula is C9H8N2O2. The molecule has 1 heterocycles. The van der Waals surface area contributed by atoms with Crippen LogP contribution < -0.4 is 5.32 Å². The molecule has 0 aliphatic heterocycles. The standard InChI is InChI=1S/C9H8N2O2/c1-6(12)11-8-2-3-9-7(4-8)5-10-13-9/h2-5H,1H3,(H,11,12). The van der Waals surface area contributed by atoms with Gasteiger partial charge in [-0.2, -0.15) is 0 Å². The molecule has 0 aliphatic carbocycles. The summed E-state index contributed by atoms with van der Waals surface area (Å²) in [5.74, 6) is -0.0872. The number of hydrogen-bond donors (Lipinski definition) is 1. The van der Waals surface area contributed by atoms with Crippen LogP contribution in [0, 0.1) is 0 Å². The molecule has 0 radical (unpaired) electrons. The molecule has 1 amide bonds. The molecule has 4 heteroatoms. The van der Waals surface area contributed by atoms with E-state index in [-0.39, 0.29) is 5.91 Å². The van der Waals surface area contributed by atoms with E-state index in [2.05, 4.69) is 10.5 Å². The lowest BCUT2D eigenvalue weighted by Gasteiger charge is -1.99. The van der Waals surface area contributed by atoms with E-state index in [4.69, 9.17) is 4.52 Å². The van der Waals surface area contributed by atoms with Gasteiger partial charge in [-0.25, -0.2) is 0 Å². The summed E-state index contributed by atoms with van der Waals surface area (Å²) >= 11 is 0. The van der Waals surface area contributed by atoms with Crippen molar-refractivity contribution in [3.63, 3.8) is 0 Å². The number of fused-ring (bicyclic) bond motifs is 1. The van der Waals surface area contributed by atoms with Crippen LogP contribution in [0.3, 0.4) is 0 Å². The maximum atomic E-state index is 10.7. The van der Waals surface area contributed by atoms with E-state index >= 15 is 0 Å². The maximum Gasteiger partial charge on any atom is 0.221 e. The highest BCUT2D eigenvalue weighted by Crippen LogP contribution is 2.18. The van der Waals surface area contributed by atoms with Gasteiger partial charge >= 0.3 is 0 Å². The van der Waals surface area contributed by atoms with Gasteiger partial charge < -0.3 is 9.84 Å². The molecule has 0 unspecified atom stereocenters. The van der Waals surface area contributed by atoms with Crippen molar-refractivity contribution in [1.29, 1.82) is 0 Å². The summed E-state index contributed by atoms with van der Waals surface area (Å²) in [5, 5.41) is 7.19. The molecule has 66 valence electrons. The Hall–Kier alpha value is -1.84. The van der Waals surface area contributed by atoms with Crippen molar-refractivity contribution in [1.82, 2.24) is 5.16 Å². The minimum absolute atomic E-state index is 0.0872. The fraction of sp³-hybridized carbons (Fsp3) is 0.111. The summed E-state index contributed by atoms with van der Waals surface area (Å²) < 4.78 is 4.92. The number of carbonyl (C=O) groups is 1. The van der Waals surface area contributed by atoms with Crippen molar-refractivity contribution in [3.8, 4) is 0 Å². The Morgan fingerprint density at radius 1 is 1.54 bits per heavy atom. The number of aromatic nitrogens is 1. The Morgan fingerprint density at radius 2 is 2.38 bits per heavy atom. The molecular weight excluding hydrogens is 168 g/mol. The van der Waals surface area contributed by atoms with Gasteiger partial charge in [0.1, 0.15) is 0 Å². The van der Waals surface area contributed by atoms with Crippen LogP contribution in [0.25, 0.3) is 11.0 Å². The highest BCUT2D eigenvalue weighted by atomic mass is 16.5. The van der Waals surface area contributed by atoms with E-state index < -0.39 is 0 Å². The predicted octanol–water partition coefficient (Wildman–Crippen LogP) is 1.79. The first-order chi connectivity index (χ1) is 6.25. The average molecular weight is 176 g/mol. The van der Waals surface area contributed by atoms with E-state index in [9.17, 15) is 4.79 Å². The Balaban J connectivity index is 2.42.